The van der Waals surface area contributed by atoms with E-state index >= 15 is 0 Å². The average Bonchev–Trinajstić information content (AvgIpc) is 3.08. The molecular formula is C22H14I2N2. The predicted molar refractivity (Wildman–Crippen MR) is 127 cm³/mol. The van der Waals surface area contributed by atoms with Crippen LogP contribution in [0.25, 0.3) is 44.0 Å². The lowest BCUT2D eigenvalue weighted by Crippen LogP contribution is -1.84. The predicted octanol–water partition coefficient (Wildman–Crippen LogP) is 7.05. The summed E-state index contributed by atoms with van der Waals surface area (Å²) in [4.78, 5) is 8.60. The van der Waals surface area contributed by atoms with Gasteiger partial charge >= 0.3 is 0 Å². The second-order valence-corrected chi connectivity index (χ2v) is 9.05. The summed E-state index contributed by atoms with van der Waals surface area (Å²) in [5.74, 6) is 0.923. The molecule has 0 aliphatic carbocycles. The molecule has 0 fully saturated rings. The zero-order chi connectivity index (χ0) is 17.8. The molecule has 0 saturated heterocycles. The van der Waals surface area contributed by atoms with E-state index in [1.165, 1.54) is 34.2 Å². The number of hydrogen-bond donors (Lipinski definition) is 1. The van der Waals surface area contributed by atoms with E-state index in [-0.39, 0.29) is 0 Å². The third-order valence-corrected chi connectivity index (χ3v) is 6.15. The maximum absolute atomic E-state index is 5.00. The molecule has 1 heterocycles. The first-order valence-corrected chi connectivity index (χ1v) is 10.5. The Morgan fingerprint density at radius 1 is 0.731 bits per heavy atom. The van der Waals surface area contributed by atoms with Crippen molar-refractivity contribution in [1.82, 2.24) is 9.97 Å². The molecule has 0 unspecified atom stereocenters. The van der Waals surface area contributed by atoms with Gasteiger partial charge in [-0.25, -0.2) is 4.98 Å². The van der Waals surface area contributed by atoms with Gasteiger partial charge in [0.25, 0.3) is 0 Å². The van der Waals surface area contributed by atoms with Crippen LogP contribution in [0.3, 0.4) is 0 Å². The Kier molecular flexibility index (Phi) is 3.93. The van der Waals surface area contributed by atoms with Crippen LogP contribution in [-0.4, -0.2) is 9.97 Å². The van der Waals surface area contributed by atoms with Crippen LogP contribution in [0.15, 0.2) is 60.7 Å². The topological polar surface area (TPSA) is 28.7 Å². The van der Waals surface area contributed by atoms with Gasteiger partial charge in [-0.1, -0.05) is 42.0 Å². The Hall–Kier alpha value is -1.67. The van der Waals surface area contributed by atoms with Gasteiger partial charge < -0.3 is 4.98 Å². The van der Waals surface area contributed by atoms with E-state index in [9.17, 15) is 0 Å². The van der Waals surface area contributed by atoms with Gasteiger partial charge in [-0.05, 0) is 87.1 Å². The van der Waals surface area contributed by atoms with Crippen molar-refractivity contribution in [3.05, 3.63) is 73.4 Å². The first-order valence-electron chi connectivity index (χ1n) is 8.37. The lowest BCUT2D eigenvalue weighted by atomic mass is 10.0. The van der Waals surface area contributed by atoms with Gasteiger partial charge in [0, 0.05) is 23.5 Å². The third kappa shape index (κ3) is 2.62. The summed E-state index contributed by atoms with van der Waals surface area (Å²) in [6.45, 7) is 2.10. The second-order valence-electron chi connectivity index (χ2n) is 6.55. The highest BCUT2D eigenvalue weighted by Gasteiger charge is 2.14. The number of fused-ring (bicyclic) bond motifs is 6. The zero-order valence-electron chi connectivity index (χ0n) is 14.0. The molecule has 0 amide bonds. The SMILES string of the molecule is Cc1ccc(-c2nc3c4cc(I)ccc4c4ccc(I)cc4c3[nH]2)cc1. The highest BCUT2D eigenvalue weighted by atomic mass is 127. The number of hydrogen-bond acceptors (Lipinski definition) is 1. The third-order valence-electron chi connectivity index (χ3n) is 4.81. The van der Waals surface area contributed by atoms with E-state index in [1.54, 1.807) is 0 Å². The summed E-state index contributed by atoms with van der Waals surface area (Å²) in [5, 5.41) is 4.95. The van der Waals surface area contributed by atoms with Crippen molar-refractivity contribution in [3.63, 3.8) is 0 Å². The van der Waals surface area contributed by atoms with Crippen molar-refractivity contribution in [2.24, 2.45) is 0 Å². The standard InChI is InChI=1S/C22H14I2N2/c1-12-2-4-13(5-3-12)22-25-20-18-10-14(23)6-8-16(18)17-9-7-15(24)11-19(17)21(20)26-22/h2-11H,1H3,(H,25,26). The van der Waals surface area contributed by atoms with E-state index < -0.39 is 0 Å². The average molecular weight is 560 g/mol. The number of rotatable bonds is 1. The first-order chi connectivity index (χ1) is 12.6. The van der Waals surface area contributed by atoms with Crippen LogP contribution < -0.4 is 0 Å². The summed E-state index contributed by atoms with van der Waals surface area (Å²) < 4.78 is 2.45. The van der Waals surface area contributed by atoms with Crippen LogP contribution in [0, 0.1) is 14.1 Å². The number of aryl methyl sites for hydroxylation is 1. The number of H-pyrrole nitrogens is 1. The summed E-state index contributed by atoms with van der Waals surface area (Å²) in [6.07, 6.45) is 0. The fourth-order valence-electron chi connectivity index (χ4n) is 3.52. The molecular weight excluding hydrogens is 546 g/mol. The lowest BCUT2D eigenvalue weighted by Gasteiger charge is -2.07. The summed E-state index contributed by atoms with van der Waals surface area (Å²) in [7, 11) is 0. The number of nitrogens with zero attached hydrogens (tertiary/aromatic N) is 1. The Morgan fingerprint density at radius 3 is 2.04 bits per heavy atom. The quantitative estimate of drug-likeness (QED) is 0.173. The largest absolute Gasteiger partial charge is 0.337 e. The second kappa shape index (κ2) is 6.20. The smallest absolute Gasteiger partial charge is 0.138 e. The molecule has 0 spiro atoms. The highest BCUT2D eigenvalue weighted by molar-refractivity contribution is 14.1. The van der Waals surface area contributed by atoms with Crippen LogP contribution in [-0.2, 0) is 0 Å². The first kappa shape index (κ1) is 16.5. The van der Waals surface area contributed by atoms with Crippen molar-refractivity contribution in [2.75, 3.05) is 0 Å². The van der Waals surface area contributed by atoms with Gasteiger partial charge in [-0.2, -0.15) is 0 Å². The maximum atomic E-state index is 5.00. The van der Waals surface area contributed by atoms with Crippen LogP contribution in [0.5, 0.6) is 0 Å². The molecule has 1 N–H and O–H groups in total. The molecule has 5 rings (SSSR count). The molecule has 0 aliphatic rings. The Bertz CT molecular complexity index is 1220. The van der Waals surface area contributed by atoms with E-state index in [0.29, 0.717) is 0 Å². The normalized spacial score (nSPS) is 11.7. The summed E-state index contributed by atoms with van der Waals surface area (Å²) in [5.41, 5.74) is 4.53. The van der Waals surface area contributed by atoms with Gasteiger partial charge in [-0.3, -0.25) is 0 Å². The van der Waals surface area contributed by atoms with Crippen molar-refractivity contribution in [1.29, 1.82) is 0 Å². The van der Waals surface area contributed by atoms with E-state index in [4.69, 9.17) is 4.98 Å². The molecule has 5 aromatic rings. The van der Waals surface area contributed by atoms with Crippen molar-refractivity contribution >= 4 is 77.8 Å². The number of aromatic nitrogens is 2. The minimum Gasteiger partial charge on any atom is -0.337 e. The Morgan fingerprint density at radius 2 is 1.35 bits per heavy atom. The van der Waals surface area contributed by atoms with Crippen molar-refractivity contribution in [3.8, 4) is 11.4 Å². The molecule has 26 heavy (non-hydrogen) atoms. The number of benzene rings is 4. The lowest BCUT2D eigenvalue weighted by molar-refractivity contribution is 1.33. The molecule has 0 aliphatic heterocycles. The van der Waals surface area contributed by atoms with Crippen LogP contribution in [0.1, 0.15) is 5.56 Å². The molecule has 0 atom stereocenters. The molecule has 4 heteroatoms. The van der Waals surface area contributed by atoms with Crippen LogP contribution >= 0.6 is 45.2 Å². The number of nitrogens with one attached hydrogen (secondary N) is 1. The molecule has 0 bridgehead atoms. The van der Waals surface area contributed by atoms with E-state index in [2.05, 4.69) is 118 Å². The van der Waals surface area contributed by atoms with Gasteiger partial charge in [0.2, 0.25) is 0 Å². The number of aromatic amines is 1. The van der Waals surface area contributed by atoms with Crippen LogP contribution in [0.4, 0.5) is 0 Å². The molecule has 1 aromatic heterocycles. The fraction of sp³-hybridized carbons (Fsp3) is 0.0455. The van der Waals surface area contributed by atoms with Crippen molar-refractivity contribution < 1.29 is 0 Å². The van der Waals surface area contributed by atoms with Crippen molar-refractivity contribution in [2.45, 2.75) is 6.92 Å². The molecule has 0 saturated carbocycles. The number of halogens is 2. The maximum Gasteiger partial charge on any atom is 0.138 e. The van der Waals surface area contributed by atoms with Crippen LogP contribution in [0.2, 0.25) is 0 Å². The molecule has 0 radical (unpaired) electrons. The zero-order valence-corrected chi connectivity index (χ0v) is 18.3. The fourth-order valence-corrected chi connectivity index (χ4v) is 4.50. The number of imidazole rings is 1. The Labute approximate surface area is 178 Å². The van der Waals surface area contributed by atoms with E-state index in [1.807, 2.05) is 0 Å². The van der Waals surface area contributed by atoms with Gasteiger partial charge in [-0.15, -0.1) is 0 Å². The summed E-state index contributed by atoms with van der Waals surface area (Å²) in [6, 6.07) is 21.8. The summed E-state index contributed by atoms with van der Waals surface area (Å²) >= 11 is 4.75. The highest BCUT2D eigenvalue weighted by Crippen LogP contribution is 2.36. The molecule has 4 aromatic carbocycles. The van der Waals surface area contributed by atoms with Gasteiger partial charge in [0.1, 0.15) is 5.82 Å². The van der Waals surface area contributed by atoms with Gasteiger partial charge in [0.15, 0.2) is 0 Å². The Balaban J connectivity index is 1.95. The monoisotopic (exact) mass is 560 g/mol. The minimum absolute atomic E-state index is 0.923. The van der Waals surface area contributed by atoms with E-state index in [0.717, 1.165) is 22.4 Å². The van der Waals surface area contributed by atoms with Gasteiger partial charge in [0.05, 0.1) is 11.0 Å². The molecule has 2 nitrogen and oxygen atoms in total. The molecule has 126 valence electrons. The minimum atomic E-state index is 0.923.